The molecule has 8 nitrogen and oxygen atoms in total. The first kappa shape index (κ1) is 19.8. The topological polar surface area (TPSA) is 102 Å². The molecule has 1 aromatic carbocycles. The molecule has 0 bridgehead atoms. The van der Waals surface area contributed by atoms with Gasteiger partial charge in [-0.2, -0.15) is 4.31 Å². The Hall–Kier alpha value is -1.97. The van der Waals surface area contributed by atoms with Gasteiger partial charge in [0, 0.05) is 26.2 Å². The van der Waals surface area contributed by atoms with Gasteiger partial charge in [-0.3, -0.25) is 4.79 Å². The molecule has 1 N–H and O–H groups in total. The zero-order valence-electron chi connectivity index (χ0n) is 15.1. The first-order chi connectivity index (χ1) is 13.0. The molecule has 2 fully saturated rings. The third-order valence-corrected chi connectivity index (χ3v) is 6.55. The van der Waals surface area contributed by atoms with E-state index < -0.39 is 28.5 Å². The fraction of sp³-hybridized carbons (Fsp3) is 0.556. The van der Waals surface area contributed by atoms with Crippen LogP contribution in [0.25, 0.3) is 0 Å². The molecule has 1 amide bonds. The molecule has 0 unspecified atom stereocenters. The SMILES string of the molecule is O=C(COC(=O)c1cccc(S(=O)(=O)N2CCCC2)c1)NC[C@@H]1CCCO1. The summed E-state index contributed by atoms with van der Waals surface area (Å²) >= 11 is 0. The fourth-order valence-electron chi connectivity index (χ4n) is 3.16. The van der Waals surface area contributed by atoms with E-state index in [1.807, 2.05) is 0 Å². The average molecular weight is 396 g/mol. The first-order valence-electron chi connectivity index (χ1n) is 9.12. The van der Waals surface area contributed by atoms with Gasteiger partial charge in [-0.05, 0) is 43.9 Å². The number of hydrogen-bond acceptors (Lipinski definition) is 6. The number of sulfonamides is 1. The van der Waals surface area contributed by atoms with Crippen LogP contribution in [0.1, 0.15) is 36.0 Å². The Morgan fingerprint density at radius 1 is 1.22 bits per heavy atom. The highest BCUT2D eigenvalue weighted by molar-refractivity contribution is 7.89. The number of nitrogens with one attached hydrogen (secondary N) is 1. The number of esters is 1. The van der Waals surface area contributed by atoms with Gasteiger partial charge in [0.25, 0.3) is 5.91 Å². The smallest absolute Gasteiger partial charge is 0.338 e. The van der Waals surface area contributed by atoms with E-state index in [2.05, 4.69) is 5.32 Å². The van der Waals surface area contributed by atoms with Crippen molar-refractivity contribution in [2.24, 2.45) is 0 Å². The van der Waals surface area contributed by atoms with Gasteiger partial charge in [-0.1, -0.05) is 6.07 Å². The maximum absolute atomic E-state index is 12.6. The second kappa shape index (κ2) is 8.81. The summed E-state index contributed by atoms with van der Waals surface area (Å²) in [5.41, 5.74) is 0.0993. The van der Waals surface area contributed by atoms with Gasteiger partial charge in [0.1, 0.15) is 0 Å². The normalized spacial score (nSPS) is 20.5. The number of hydrogen-bond donors (Lipinski definition) is 1. The highest BCUT2D eigenvalue weighted by Crippen LogP contribution is 2.21. The Labute approximate surface area is 158 Å². The second-order valence-electron chi connectivity index (χ2n) is 6.65. The molecule has 0 saturated carbocycles. The number of rotatable bonds is 7. The Morgan fingerprint density at radius 3 is 2.70 bits per heavy atom. The van der Waals surface area contributed by atoms with E-state index in [4.69, 9.17) is 9.47 Å². The zero-order valence-corrected chi connectivity index (χ0v) is 15.9. The van der Waals surface area contributed by atoms with Crippen LogP contribution in [-0.4, -0.2) is 63.6 Å². The lowest BCUT2D eigenvalue weighted by Crippen LogP contribution is -2.34. The van der Waals surface area contributed by atoms with Crippen LogP contribution in [0.3, 0.4) is 0 Å². The number of carbonyl (C=O) groups is 2. The minimum atomic E-state index is -3.61. The third kappa shape index (κ3) is 5.06. The molecule has 27 heavy (non-hydrogen) atoms. The molecule has 0 aromatic heterocycles. The second-order valence-corrected chi connectivity index (χ2v) is 8.59. The Balaban J connectivity index is 1.54. The van der Waals surface area contributed by atoms with Crippen molar-refractivity contribution in [3.05, 3.63) is 29.8 Å². The van der Waals surface area contributed by atoms with E-state index in [1.54, 1.807) is 0 Å². The van der Waals surface area contributed by atoms with E-state index in [0.29, 0.717) is 26.2 Å². The van der Waals surface area contributed by atoms with Crippen LogP contribution >= 0.6 is 0 Å². The maximum atomic E-state index is 12.6. The summed E-state index contributed by atoms with van der Waals surface area (Å²) in [4.78, 5) is 24.0. The molecule has 2 saturated heterocycles. The lowest BCUT2D eigenvalue weighted by atomic mass is 10.2. The van der Waals surface area contributed by atoms with Crippen molar-refractivity contribution in [1.82, 2.24) is 9.62 Å². The Bertz CT molecular complexity index is 783. The monoisotopic (exact) mass is 396 g/mol. The summed E-state index contributed by atoms with van der Waals surface area (Å²) in [6.07, 6.45) is 3.56. The largest absolute Gasteiger partial charge is 0.452 e. The standard InChI is InChI=1S/C18H24N2O6S/c21-17(19-12-15-6-4-10-25-15)13-26-18(22)14-5-3-7-16(11-14)27(23,24)20-8-1-2-9-20/h3,5,7,11,15H,1-2,4,6,8-10,12-13H2,(H,19,21)/t15-/m0/s1. The van der Waals surface area contributed by atoms with E-state index in [0.717, 1.165) is 25.7 Å². The maximum Gasteiger partial charge on any atom is 0.338 e. The van der Waals surface area contributed by atoms with Gasteiger partial charge < -0.3 is 14.8 Å². The lowest BCUT2D eigenvalue weighted by molar-refractivity contribution is -0.124. The molecule has 0 spiro atoms. The molecule has 2 aliphatic heterocycles. The molecule has 148 valence electrons. The van der Waals surface area contributed by atoms with Crippen molar-refractivity contribution < 1.29 is 27.5 Å². The van der Waals surface area contributed by atoms with Crippen LogP contribution in [-0.2, 0) is 24.3 Å². The number of nitrogens with zero attached hydrogens (tertiary/aromatic N) is 1. The van der Waals surface area contributed by atoms with Crippen LogP contribution in [0.15, 0.2) is 29.2 Å². The average Bonchev–Trinajstić information content (AvgIpc) is 3.38. The van der Waals surface area contributed by atoms with Crippen LogP contribution in [0.5, 0.6) is 0 Å². The van der Waals surface area contributed by atoms with Gasteiger partial charge >= 0.3 is 5.97 Å². The van der Waals surface area contributed by atoms with E-state index in [1.165, 1.54) is 28.6 Å². The van der Waals surface area contributed by atoms with Gasteiger partial charge in [0.15, 0.2) is 6.61 Å². The number of amides is 1. The minimum Gasteiger partial charge on any atom is -0.452 e. The highest BCUT2D eigenvalue weighted by atomic mass is 32.2. The molecular formula is C18H24N2O6S. The molecular weight excluding hydrogens is 372 g/mol. The molecule has 2 aliphatic rings. The summed E-state index contributed by atoms with van der Waals surface area (Å²) in [6.45, 7) is 1.64. The summed E-state index contributed by atoms with van der Waals surface area (Å²) < 4.78 is 37.0. The van der Waals surface area contributed by atoms with Crippen LogP contribution in [0.4, 0.5) is 0 Å². The first-order valence-corrected chi connectivity index (χ1v) is 10.6. The molecule has 2 heterocycles. The summed E-state index contributed by atoms with van der Waals surface area (Å²) in [7, 11) is -3.61. The summed E-state index contributed by atoms with van der Waals surface area (Å²) in [6, 6.07) is 5.71. The number of ether oxygens (including phenoxy) is 2. The van der Waals surface area contributed by atoms with Crippen molar-refractivity contribution in [3.8, 4) is 0 Å². The summed E-state index contributed by atoms with van der Waals surface area (Å²) in [5.74, 6) is -1.15. The van der Waals surface area contributed by atoms with Crippen LogP contribution in [0, 0.1) is 0 Å². The molecule has 1 aromatic rings. The van der Waals surface area contributed by atoms with Gasteiger partial charge in [-0.25, -0.2) is 13.2 Å². The number of benzene rings is 1. The highest BCUT2D eigenvalue weighted by Gasteiger charge is 2.27. The Morgan fingerprint density at radius 2 is 2.00 bits per heavy atom. The Kier molecular flexibility index (Phi) is 6.46. The predicted octanol–water partition coefficient (Wildman–Crippen LogP) is 0.923. The van der Waals surface area contributed by atoms with Gasteiger partial charge in [0.2, 0.25) is 10.0 Å². The quantitative estimate of drug-likeness (QED) is 0.688. The molecule has 9 heteroatoms. The van der Waals surface area contributed by atoms with E-state index in [9.17, 15) is 18.0 Å². The molecule has 0 radical (unpaired) electrons. The number of carbonyl (C=O) groups excluding carboxylic acids is 2. The summed E-state index contributed by atoms with van der Waals surface area (Å²) in [5, 5.41) is 2.66. The van der Waals surface area contributed by atoms with Gasteiger partial charge in [-0.15, -0.1) is 0 Å². The van der Waals surface area contributed by atoms with E-state index in [-0.39, 0.29) is 16.6 Å². The fourth-order valence-corrected chi connectivity index (χ4v) is 4.72. The third-order valence-electron chi connectivity index (χ3n) is 4.66. The van der Waals surface area contributed by atoms with Crippen molar-refractivity contribution in [1.29, 1.82) is 0 Å². The van der Waals surface area contributed by atoms with Crippen LogP contribution < -0.4 is 5.32 Å². The van der Waals surface area contributed by atoms with Crippen molar-refractivity contribution >= 4 is 21.9 Å². The van der Waals surface area contributed by atoms with Crippen LogP contribution in [0.2, 0.25) is 0 Å². The molecule has 1 atom stereocenters. The van der Waals surface area contributed by atoms with E-state index >= 15 is 0 Å². The predicted molar refractivity (Wildman–Crippen MR) is 96.7 cm³/mol. The lowest BCUT2D eigenvalue weighted by Gasteiger charge is -2.16. The zero-order chi connectivity index (χ0) is 19.3. The minimum absolute atomic E-state index is 0.0112. The van der Waals surface area contributed by atoms with Gasteiger partial charge in [0.05, 0.1) is 16.6 Å². The molecule has 3 rings (SSSR count). The van der Waals surface area contributed by atoms with Crippen molar-refractivity contribution in [3.63, 3.8) is 0 Å². The molecule has 0 aliphatic carbocycles. The van der Waals surface area contributed by atoms with Crippen molar-refractivity contribution in [2.75, 3.05) is 32.8 Å². The van der Waals surface area contributed by atoms with Crippen molar-refractivity contribution in [2.45, 2.75) is 36.7 Å².